The van der Waals surface area contributed by atoms with Crippen LogP contribution in [0.4, 0.5) is 17.2 Å². The minimum atomic E-state index is -0.436. The number of nitrogens with two attached hydrogens (primary N) is 1. The van der Waals surface area contributed by atoms with E-state index in [1.807, 2.05) is 12.1 Å². The fraction of sp³-hybridized carbons (Fsp3) is 0.0769. The third kappa shape index (κ3) is 2.57. The van der Waals surface area contributed by atoms with Gasteiger partial charge in [-0.2, -0.15) is 0 Å². The van der Waals surface area contributed by atoms with Gasteiger partial charge >= 0.3 is 5.97 Å². The second-order valence-electron chi connectivity index (χ2n) is 3.64. The van der Waals surface area contributed by atoms with E-state index < -0.39 is 5.97 Å². The molecule has 1 heterocycles. The van der Waals surface area contributed by atoms with E-state index in [0.29, 0.717) is 17.1 Å². The van der Waals surface area contributed by atoms with Crippen molar-refractivity contribution >= 4 is 23.2 Å². The number of methoxy groups -OCH3 is 1. The highest BCUT2D eigenvalue weighted by atomic mass is 16.5. The fourth-order valence-corrected chi connectivity index (χ4v) is 1.53. The van der Waals surface area contributed by atoms with Gasteiger partial charge in [-0.25, -0.2) is 9.78 Å². The van der Waals surface area contributed by atoms with Gasteiger partial charge in [-0.05, 0) is 30.3 Å². The van der Waals surface area contributed by atoms with Gasteiger partial charge in [-0.3, -0.25) is 0 Å². The topological polar surface area (TPSA) is 77.2 Å². The van der Waals surface area contributed by atoms with E-state index in [1.165, 1.54) is 7.11 Å². The Morgan fingerprint density at radius 2 is 2.17 bits per heavy atom. The Balaban J connectivity index is 2.32. The van der Waals surface area contributed by atoms with Gasteiger partial charge in [0.15, 0.2) is 0 Å². The Kier molecular flexibility index (Phi) is 3.43. The molecule has 0 saturated carbocycles. The number of carbonyl (C=O) groups is 1. The molecular weight excluding hydrogens is 230 g/mol. The van der Waals surface area contributed by atoms with Gasteiger partial charge in [-0.1, -0.05) is 6.07 Å². The molecule has 18 heavy (non-hydrogen) atoms. The van der Waals surface area contributed by atoms with Gasteiger partial charge < -0.3 is 15.8 Å². The molecule has 2 aromatic rings. The normalized spacial score (nSPS) is 9.83. The zero-order valence-electron chi connectivity index (χ0n) is 9.88. The maximum Gasteiger partial charge on any atom is 0.341 e. The minimum Gasteiger partial charge on any atom is -0.465 e. The quantitative estimate of drug-likeness (QED) is 0.638. The van der Waals surface area contributed by atoms with Crippen LogP contribution in [0.3, 0.4) is 0 Å². The Morgan fingerprint density at radius 3 is 2.89 bits per heavy atom. The molecule has 0 aliphatic rings. The van der Waals surface area contributed by atoms with Crippen molar-refractivity contribution in [1.29, 1.82) is 0 Å². The van der Waals surface area contributed by atoms with Gasteiger partial charge in [0.25, 0.3) is 0 Å². The zero-order chi connectivity index (χ0) is 13.0. The van der Waals surface area contributed by atoms with E-state index in [-0.39, 0.29) is 0 Å². The van der Waals surface area contributed by atoms with Gasteiger partial charge in [0, 0.05) is 17.6 Å². The fourth-order valence-electron chi connectivity index (χ4n) is 1.53. The van der Waals surface area contributed by atoms with Crippen LogP contribution in [0.15, 0.2) is 42.6 Å². The standard InChI is InChI=1S/C13H13N3O2/c1-18-13(17)11-6-3-7-15-12(11)16-10-5-2-4-9(14)8-10/h2-8H,14H2,1H3,(H,15,16). The monoisotopic (exact) mass is 243 g/mol. The summed E-state index contributed by atoms with van der Waals surface area (Å²) in [6.45, 7) is 0. The van der Waals surface area contributed by atoms with Crippen molar-refractivity contribution < 1.29 is 9.53 Å². The molecule has 0 aliphatic carbocycles. The first-order valence-corrected chi connectivity index (χ1v) is 5.36. The number of anilines is 3. The van der Waals surface area contributed by atoms with Crippen molar-refractivity contribution in [3.8, 4) is 0 Å². The number of hydrogen-bond acceptors (Lipinski definition) is 5. The number of ether oxygens (including phenoxy) is 1. The number of pyridine rings is 1. The summed E-state index contributed by atoms with van der Waals surface area (Å²) in [5, 5.41) is 3.04. The molecule has 0 aliphatic heterocycles. The zero-order valence-corrected chi connectivity index (χ0v) is 9.88. The number of nitrogen functional groups attached to an aromatic ring is 1. The summed E-state index contributed by atoms with van der Waals surface area (Å²) in [5.74, 6) is 0.00412. The van der Waals surface area contributed by atoms with Crippen LogP contribution in [0.2, 0.25) is 0 Å². The molecule has 3 N–H and O–H groups in total. The van der Waals surface area contributed by atoms with Crippen LogP contribution in [0.25, 0.3) is 0 Å². The molecule has 0 fully saturated rings. The molecule has 0 atom stereocenters. The second kappa shape index (κ2) is 5.18. The van der Waals surface area contributed by atoms with E-state index in [2.05, 4.69) is 10.3 Å². The van der Waals surface area contributed by atoms with Crippen LogP contribution in [-0.2, 0) is 4.74 Å². The van der Waals surface area contributed by atoms with Gasteiger partial charge in [0.2, 0.25) is 0 Å². The third-order valence-electron chi connectivity index (χ3n) is 2.36. The molecular formula is C13H13N3O2. The van der Waals surface area contributed by atoms with Crippen molar-refractivity contribution in [1.82, 2.24) is 4.98 Å². The second-order valence-corrected chi connectivity index (χ2v) is 3.64. The van der Waals surface area contributed by atoms with Crippen molar-refractivity contribution in [2.24, 2.45) is 0 Å². The molecule has 0 bridgehead atoms. The van der Waals surface area contributed by atoms with Crippen LogP contribution in [0.5, 0.6) is 0 Å². The van der Waals surface area contributed by atoms with Crippen molar-refractivity contribution in [2.45, 2.75) is 0 Å². The Morgan fingerprint density at radius 1 is 1.33 bits per heavy atom. The number of esters is 1. The number of nitrogens with zero attached hydrogens (tertiary/aromatic N) is 1. The van der Waals surface area contributed by atoms with Crippen molar-refractivity contribution in [3.63, 3.8) is 0 Å². The number of hydrogen-bond donors (Lipinski definition) is 2. The number of benzene rings is 1. The minimum absolute atomic E-state index is 0.377. The first-order chi connectivity index (χ1) is 8.70. The molecule has 0 amide bonds. The number of nitrogens with one attached hydrogen (secondary N) is 1. The number of carbonyl (C=O) groups excluding carboxylic acids is 1. The van der Waals surface area contributed by atoms with Crippen LogP contribution in [0, 0.1) is 0 Å². The maximum atomic E-state index is 11.6. The molecule has 1 aromatic carbocycles. The predicted octanol–water partition coefficient (Wildman–Crippen LogP) is 2.19. The van der Waals surface area contributed by atoms with E-state index in [4.69, 9.17) is 10.5 Å². The Hall–Kier alpha value is -2.56. The van der Waals surface area contributed by atoms with Gasteiger partial charge in [-0.15, -0.1) is 0 Å². The largest absolute Gasteiger partial charge is 0.465 e. The molecule has 5 heteroatoms. The number of aromatic nitrogens is 1. The summed E-state index contributed by atoms with van der Waals surface area (Å²) < 4.78 is 4.69. The lowest BCUT2D eigenvalue weighted by Gasteiger charge is -2.09. The molecule has 92 valence electrons. The van der Waals surface area contributed by atoms with E-state index in [1.54, 1.807) is 30.5 Å². The van der Waals surface area contributed by atoms with Crippen LogP contribution in [0.1, 0.15) is 10.4 Å². The smallest absolute Gasteiger partial charge is 0.341 e. The Labute approximate surface area is 105 Å². The van der Waals surface area contributed by atoms with E-state index in [9.17, 15) is 4.79 Å². The van der Waals surface area contributed by atoms with E-state index in [0.717, 1.165) is 5.69 Å². The Bertz CT molecular complexity index is 570. The third-order valence-corrected chi connectivity index (χ3v) is 2.36. The average Bonchev–Trinajstić information content (AvgIpc) is 2.38. The number of rotatable bonds is 3. The molecule has 0 spiro atoms. The highest BCUT2D eigenvalue weighted by molar-refractivity contribution is 5.95. The van der Waals surface area contributed by atoms with Crippen LogP contribution in [-0.4, -0.2) is 18.1 Å². The molecule has 1 aromatic heterocycles. The molecule has 2 rings (SSSR count). The summed E-state index contributed by atoms with van der Waals surface area (Å²) in [7, 11) is 1.33. The lowest BCUT2D eigenvalue weighted by Crippen LogP contribution is -2.07. The average molecular weight is 243 g/mol. The molecule has 5 nitrogen and oxygen atoms in total. The lowest BCUT2D eigenvalue weighted by molar-refractivity contribution is 0.0601. The van der Waals surface area contributed by atoms with Gasteiger partial charge in [0.05, 0.1) is 7.11 Å². The first kappa shape index (κ1) is 11.9. The summed E-state index contributed by atoms with van der Waals surface area (Å²) in [5.41, 5.74) is 7.46. The highest BCUT2D eigenvalue weighted by Gasteiger charge is 2.12. The summed E-state index contributed by atoms with van der Waals surface area (Å²) in [6, 6.07) is 10.5. The van der Waals surface area contributed by atoms with Gasteiger partial charge in [0.1, 0.15) is 11.4 Å². The SMILES string of the molecule is COC(=O)c1cccnc1Nc1cccc(N)c1. The molecule has 0 saturated heterocycles. The maximum absolute atomic E-state index is 11.6. The highest BCUT2D eigenvalue weighted by Crippen LogP contribution is 2.20. The lowest BCUT2D eigenvalue weighted by atomic mass is 10.2. The van der Waals surface area contributed by atoms with E-state index >= 15 is 0 Å². The summed E-state index contributed by atoms with van der Waals surface area (Å²) >= 11 is 0. The molecule has 0 radical (unpaired) electrons. The summed E-state index contributed by atoms with van der Waals surface area (Å²) in [6.07, 6.45) is 1.60. The molecule has 0 unspecified atom stereocenters. The summed E-state index contributed by atoms with van der Waals surface area (Å²) in [4.78, 5) is 15.7. The predicted molar refractivity (Wildman–Crippen MR) is 69.7 cm³/mol. The van der Waals surface area contributed by atoms with Crippen LogP contribution < -0.4 is 11.1 Å². The van der Waals surface area contributed by atoms with Crippen molar-refractivity contribution in [3.05, 3.63) is 48.2 Å². The van der Waals surface area contributed by atoms with Crippen molar-refractivity contribution in [2.75, 3.05) is 18.2 Å². The first-order valence-electron chi connectivity index (χ1n) is 5.36. The van der Waals surface area contributed by atoms with Crippen LogP contribution >= 0.6 is 0 Å².